The zero-order valence-corrected chi connectivity index (χ0v) is 9.75. The Morgan fingerprint density at radius 3 is 2.61 bits per heavy atom. The average molecular weight is 267 g/mol. The third-order valence-electron chi connectivity index (χ3n) is 2.09. The Labute approximate surface area is 105 Å². The van der Waals surface area contributed by atoms with E-state index in [9.17, 15) is 13.6 Å². The SMILES string of the molecule is O=C(O)C(F)=Cc1csc(-c2ccc(F)cc2)n1. The Balaban J connectivity index is 2.28. The lowest BCUT2D eigenvalue weighted by Gasteiger charge is -1.94. The first-order valence-electron chi connectivity index (χ1n) is 4.88. The van der Waals surface area contributed by atoms with Gasteiger partial charge in [0.25, 0.3) is 0 Å². The second-order valence-corrected chi connectivity index (χ2v) is 4.24. The smallest absolute Gasteiger partial charge is 0.364 e. The Bertz CT molecular complexity index is 605. The molecule has 1 N–H and O–H groups in total. The summed E-state index contributed by atoms with van der Waals surface area (Å²) in [5, 5.41) is 10.5. The first-order valence-corrected chi connectivity index (χ1v) is 5.76. The fraction of sp³-hybridized carbons (Fsp3) is 0. The van der Waals surface area contributed by atoms with Crippen LogP contribution in [0.3, 0.4) is 0 Å². The molecule has 0 saturated carbocycles. The summed E-state index contributed by atoms with van der Waals surface area (Å²) in [6.07, 6.45) is 0.839. The van der Waals surface area contributed by atoms with Crippen LogP contribution in [0, 0.1) is 5.82 Å². The van der Waals surface area contributed by atoms with E-state index >= 15 is 0 Å². The summed E-state index contributed by atoms with van der Waals surface area (Å²) in [4.78, 5) is 14.4. The minimum absolute atomic E-state index is 0.222. The highest BCUT2D eigenvalue weighted by molar-refractivity contribution is 7.13. The number of hydrogen-bond donors (Lipinski definition) is 1. The molecule has 0 atom stereocenters. The summed E-state index contributed by atoms with van der Waals surface area (Å²) >= 11 is 1.22. The predicted molar refractivity (Wildman–Crippen MR) is 64.2 cm³/mol. The van der Waals surface area contributed by atoms with Gasteiger partial charge in [-0.3, -0.25) is 0 Å². The first-order chi connectivity index (χ1) is 8.56. The van der Waals surface area contributed by atoms with Gasteiger partial charge in [0.05, 0.1) is 5.69 Å². The van der Waals surface area contributed by atoms with E-state index in [1.807, 2.05) is 0 Å². The molecule has 0 bridgehead atoms. The third-order valence-corrected chi connectivity index (χ3v) is 3.00. The van der Waals surface area contributed by atoms with Crippen molar-refractivity contribution in [3.05, 3.63) is 47.0 Å². The summed E-state index contributed by atoms with van der Waals surface area (Å²) < 4.78 is 25.6. The maximum atomic E-state index is 12.9. The van der Waals surface area contributed by atoms with Gasteiger partial charge < -0.3 is 5.11 Å². The Kier molecular flexibility index (Phi) is 3.47. The van der Waals surface area contributed by atoms with Crippen molar-refractivity contribution < 1.29 is 18.7 Å². The first kappa shape index (κ1) is 12.4. The van der Waals surface area contributed by atoms with Crippen LogP contribution in [0.4, 0.5) is 8.78 Å². The molecule has 0 radical (unpaired) electrons. The number of carboxylic acids is 1. The van der Waals surface area contributed by atoms with Gasteiger partial charge in [-0.15, -0.1) is 11.3 Å². The highest BCUT2D eigenvalue weighted by Crippen LogP contribution is 2.24. The summed E-state index contributed by atoms with van der Waals surface area (Å²) in [6, 6.07) is 5.69. The molecular formula is C12H7F2NO2S. The van der Waals surface area contributed by atoms with E-state index in [1.54, 1.807) is 12.1 Å². The molecule has 18 heavy (non-hydrogen) atoms. The Morgan fingerprint density at radius 2 is 2.00 bits per heavy atom. The van der Waals surface area contributed by atoms with Gasteiger partial charge in [0.1, 0.15) is 10.8 Å². The number of thiazole rings is 1. The van der Waals surface area contributed by atoms with E-state index < -0.39 is 11.8 Å². The van der Waals surface area contributed by atoms with Crippen LogP contribution in [0.15, 0.2) is 35.5 Å². The Morgan fingerprint density at radius 1 is 1.33 bits per heavy atom. The molecule has 6 heteroatoms. The maximum absolute atomic E-state index is 12.9. The molecule has 1 heterocycles. The van der Waals surface area contributed by atoms with E-state index in [1.165, 1.54) is 28.8 Å². The van der Waals surface area contributed by atoms with Crippen molar-refractivity contribution in [2.75, 3.05) is 0 Å². The molecule has 0 saturated heterocycles. The lowest BCUT2D eigenvalue weighted by Crippen LogP contribution is -1.94. The van der Waals surface area contributed by atoms with Gasteiger partial charge in [0.2, 0.25) is 5.83 Å². The quantitative estimate of drug-likeness (QED) is 0.868. The number of carboxylic acid groups (broad SMARTS) is 1. The van der Waals surface area contributed by atoms with E-state index in [4.69, 9.17) is 5.11 Å². The lowest BCUT2D eigenvalue weighted by atomic mass is 10.2. The van der Waals surface area contributed by atoms with Crippen molar-refractivity contribution in [2.45, 2.75) is 0 Å². The van der Waals surface area contributed by atoms with Crippen molar-refractivity contribution in [1.82, 2.24) is 4.98 Å². The van der Waals surface area contributed by atoms with Gasteiger partial charge in [-0.25, -0.2) is 14.2 Å². The number of hydrogen-bond acceptors (Lipinski definition) is 3. The monoisotopic (exact) mass is 267 g/mol. The van der Waals surface area contributed by atoms with Crippen LogP contribution in [0.1, 0.15) is 5.69 Å². The van der Waals surface area contributed by atoms with Crippen molar-refractivity contribution in [1.29, 1.82) is 0 Å². The highest BCUT2D eigenvalue weighted by atomic mass is 32.1. The number of aliphatic carboxylic acids is 1. The van der Waals surface area contributed by atoms with Gasteiger partial charge >= 0.3 is 5.97 Å². The second kappa shape index (κ2) is 5.05. The van der Waals surface area contributed by atoms with E-state index in [2.05, 4.69) is 4.98 Å². The van der Waals surface area contributed by atoms with E-state index in [0.29, 0.717) is 10.6 Å². The van der Waals surface area contributed by atoms with E-state index in [0.717, 1.165) is 6.08 Å². The minimum atomic E-state index is -1.63. The molecule has 0 aliphatic heterocycles. The second-order valence-electron chi connectivity index (χ2n) is 3.38. The molecule has 0 aliphatic carbocycles. The molecule has 1 aromatic carbocycles. The molecule has 2 aromatic rings. The summed E-state index contributed by atoms with van der Waals surface area (Å²) in [5.41, 5.74) is 0.913. The number of aromatic nitrogens is 1. The van der Waals surface area contributed by atoms with Crippen LogP contribution in [0.5, 0.6) is 0 Å². The summed E-state index contributed by atoms with van der Waals surface area (Å²) in [5.74, 6) is -3.26. The number of nitrogens with zero attached hydrogens (tertiary/aromatic N) is 1. The van der Waals surface area contributed by atoms with Crippen LogP contribution < -0.4 is 0 Å². The topological polar surface area (TPSA) is 50.2 Å². The van der Waals surface area contributed by atoms with Crippen LogP contribution >= 0.6 is 11.3 Å². The van der Waals surface area contributed by atoms with Crippen molar-refractivity contribution in [2.24, 2.45) is 0 Å². The fourth-order valence-corrected chi connectivity index (χ4v) is 2.05. The molecule has 0 spiro atoms. The molecule has 92 valence electrons. The van der Waals surface area contributed by atoms with Crippen LogP contribution in [-0.2, 0) is 4.79 Å². The lowest BCUT2D eigenvalue weighted by molar-refractivity contribution is -0.134. The molecule has 2 rings (SSSR count). The van der Waals surface area contributed by atoms with Crippen molar-refractivity contribution >= 4 is 23.4 Å². The van der Waals surface area contributed by atoms with Gasteiger partial charge in [-0.05, 0) is 24.3 Å². The predicted octanol–water partition coefficient (Wildman–Crippen LogP) is 3.34. The largest absolute Gasteiger partial charge is 0.476 e. The van der Waals surface area contributed by atoms with E-state index in [-0.39, 0.29) is 11.5 Å². The van der Waals surface area contributed by atoms with Gasteiger partial charge in [0, 0.05) is 17.0 Å². The molecular weight excluding hydrogens is 260 g/mol. The average Bonchev–Trinajstić information content (AvgIpc) is 2.78. The van der Waals surface area contributed by atoms with Crippen molar-refractivity contribution in [3.63, 3.8) is 0 Å². The van der Waals surface area contributed by atoms with Crippen LogP contribution in [0.2, 0.25) is 0 Å². The van der Waals surface area contributed by atoms with Crippen molar-refractivity contribution in [3.8, 4) is 10.6 Å². The third kappa shape index (κ3) is 2.78. The molecule has 0 aliphatic rings. The van der Waals surface area contributed by atoms with Crippen LogP contribution in [-0.4, -0.2) is 16.1 Å². The number of rotatable bonds is 3. The van der Waals surface area contributed by atoms with Gasteiger partial charge in [0.15, 0.2) is 0 Å². The highest BCUT2D eigenvalue weighted by Gasteiger charge is 2.08. The summed E-state index contributed by atoms with van der Waals surface area (Å²) in [7, 11) is 0. The zero-order chi connectivity index (χ0) is 13.1. The zero-order valence-electron chi connectivity index (χ0n) is 8.93. The van der Waals surface area contributed by atoms with Gasteiger partial charge in [-0.1, -0.05) is 0 Å². The standard InChI is InChI=1S/C12H7F2NO2S/c13-8-3-1-7(2-4-8)11-15-9(6-18-11)5-10(14)12(16)17/h1-6H,(H,16,17). The molecule has 0 unspecified atom stereocenters. The molecule has 0 fully saturated rings. The molecule has 0 amide bonds. The van der Waals surface area contributed by atoms with Crippen LogP contribution in [0.25, 0.3) is 16.6 Å². The molecule has 1 aromatic heterocycles. The summed E-state index contributed by atoms with van der Waals surface area (Å²) in [6.45, 7) is 0. The van der Waals surface area contributed by atoms with Gasteiger partial charge in [-0.2, -0.15) is 4.39 Å². The molecule has 3 nitrogen and oxygen atoms in total. The maximum Gasteiger partial charge on any atom is 0.364 e. The Hall–Kier alpha value is -2.08. The minimum Gasteiger partial charge on any atom is -0.476 e. The fourth-order valence-electron chi connectivity index (χ4n) is 1.27. The normalized spacial score (nSPS) is 11.6. The number of carbonyl (C=O) groups is 1. The number of benzene rings is 1. The number of halogens is 2.